The van der Waals surface area contributed by atoms with Gasteiger partial charge < -0.3 is 4.74 Å². The number of rotatable bonds is 8. The predicted molar refractivity (Wildman–Crippen MR) is 82.9 cm³/mol. The first-order valence-electron chi connectivity index (χ1n) is 7.49. The Hall–Kier alpha value is -1.83. The summed E-state index contributed by atoms with van der Waals surface area (Å²) in [5, 5.41) is 0. The summed E-state index contributed by atoms with van der Waals surface area (Å²) >= 11 is 0. The Kier molecular flexibility index (Phi) is 6.09. The van der Waals surface area contributed by atoms with Crippen molar-refractivity contribution in [3.63, 3.8) is 0 Å². The van der Waals surface area contributed by atoms with Crippen LogP contribution in [-0.2, 0) is 13.0 Å². The number of ether oxygens (including phenoxy) is 1. The molecule has 0 fully saturated rings. The molecule has 0 amide bonds. The smallest absolute Gasteiger partial charge is 0.119 e. The van der Waals surface area contributed by atoms with Crippen molar-refractivity contribution in [2.45, 2.75) is 45.6 Å². The topological polar surface area (TPSA) is 22.1 Å². The molecule has 1 heterocycles. The van der Waals surface area contributed by atoms with Crippen molar-refractivity contribution in [2.24, 2.45) is 0 Å². The van der Waals surface area contributed by atoms with Crippen LogP contribution in [0, 0.1) is 0 Å². The predicted octanol–water partition coefficient (Wildman–Crippen LogP) is 4.78. The maximum absolute atomic E-state index is 5.76. The van der Waals surface area contributed by atoms with Gasteiger partial charge in [0.25, 0.3) is 0 Å². The first kappa shape index (κ1) is 14.6. The minimum absolute atomic E-state index is 0.596. The largest absolute Gasteiger partial charge is 0.489 e. The van der Waals surface area contributed by atoms with Crippen molar-refractivity contribution in [1.82, 2.24) is 4.98 Å². The van der Waals surface area contributed by atoms with Crippen LogP contribution in [0.3, 0.4) is 0 Å². The van der Waals surface area contributed by atoms with E-state index in [0.717, 1.165) is 11.3 Å². The Balaban J connectivity index is 1.76. The monoisotopic (exact) mass is 269 g/mol. The second kappa shape index (κ2) is 8.36. The van der Waals surface area contributed by atoms with Gasteiger partial charge >= 0.3 is 0 Å². The van der Waals surface area contributed by atoms with Crippen LogP contribution in [0.4, 0.5) is 0 Å². The van der Waals surface area contributed by atoms with Crippen LogP contribution in [0.15, 0.2) is 48.8 Å². The summed E-state index contributed by atoms with van der Waals surface area (Å²) in [6, 6.07) is 12.4. The van der Waals surface area contributed by atoms with Gasteiger partial charge in [0.2, 0.25) is 0 Å². The number of hydrogen-bond acceptors (Lipinski definition) is 2. The first-order valence-corrected chi connectivity index (χ1v) is 7.49. The van der Waals surface area contributed by atoms with E-state index in [9.17, 15) is 0 Å². The Morgan fingerprint density at radius 3 is 2.30 bits per heavy atom. The number of pyridine rings is 1. The minimum atomic E-state index is 0.596. The highest BCUT2D eigenvalue weighted by Crippen LogP contribution is 2.16. The molecule has 0 aliphatic rings. The second-order valence-electron chi connectivity index (χ2n) is 5.10. The van der Waals surface area contributed by atoms with E-state index in [4.69, 9.17) is 4.74 Å². The fourth-order valence-electron chi connectivity index (χ4n) is 2.15. The highest BCUT2D eigenvalue weighted by atomic mass is 16.5. The van der Waals surface area contributed by atoms with Gasteiger partial charge in [-0.15, -0.1) is 0 Å². The van der Waals surface area contributed by atoms with Gasteiger partial charge in [-0.1, -0.05) is 38.3 Å². The summed E-state index contributed by atoms with van der Waals surface area (Å²) in [7, 11) is 0. The summed E-state index contributed by atoms with van der Waals surface area (Å²) in [6.07, 6.45) is 10.00. The molecule has 0 saturated carbocycles. The summed E-state index contributed by atoms with van der Waals surface area (Å²) in [6.45, 7) is 2.84. The van der Waals surface area contributed by atoms with Crippen LogP contribution in [0.2, 0.25) is 0 Å². The summed E-state index contributed by atoms with van der Waals surface area (Å²) in [5.74, 6) is 0.930. The molecule has 2 aromatic rings. The van der Waals surface area contributed by atoms with Gasteiger partial charge in [-0.3, -0.25) is 4.98 Å². The molecule has 106 valence electrons. The van der Waals surface area contributed by atoms with Crippen molar-refractivity contribution in [3.8, 4) is 5.75 Å². The highest BCUT2D eigenvalue weighted by molar-refractivity contribution is 5.27. The minimum Gasteiger partial charge on any atom is -0.489 e. The van der Waals surface area contributed by atoms with Crippen LogP contribution in [0.1, 0.15) is 43.7 Å². The van der Waals surface area contributed by atoms with Crippen molar-refractivity contribution in [2.75, 3.05) is 0 Å². The summed E-state index contributed by atoms with van der Waals surface area (Å²) in [5.41, 5.74) is 2.54. The van der Waals surface area contributed by atoms with Gasteiger partial charge in [-0.25, -0.2) is 0 Å². The Morgan fingerprint density at radius 1 is 0.850 bits per heavy atom. The molecule has 1 aromatic heterocycles. The number of nitrogens with zero attached hydrogens (tertiary/aromatic N) is 1. The number of benzene rings is 1. The van der Waals surface area contributed by atoms with Gasteiger partial charge in [-0.2, -0.15) is 0 Å². The average molecular weight is 269 g/mol. The number of aromatic nitrogens is 1. The third-order valence-electron chi connectivity index (χ3n) is 3.40. The molecular formula is C18H23NO. The van der Waals surface area contributed by atoms with Crippen molar-refractivity contribution in [1.29, 1.82) is 0 Å². The quantitative estimate of drug-likeness (QED) is 0.643. The van der Waals surface area contributed by atoms with Crippen LogP contribution in [0.25, 0.3) is 0 Å². The van der Waals surface area contributed by atoms with E-state index in [-0.39, 0.29) is 0 Å². The highest BCUT2D eigenvalue weighted by Gasteiger charge is 1.97. The molecule has 0 spiro atoms. The maximum Gasteiger partial charge on any atom is 0.119 e. The zero-order valence-corrected chi connectivity index (χ0v) is 12.2. The molecule has 0 aliphatic carbocycles. The molecule has 0 radical (unpaired) electrons. The summed E-state index contributed by atoms with van der Waals surface area (Å²) in [4.78, 5) is 4.00. The summed E-state index contributed by atoms with van der Waals surface area (Å²) < 4.78 is 5.76. The molecule has 0 unspecified atom stereocenters. The maximum atomic E-state index is 5.76. The third-order valence-corrected chi connectivity index (χ3v) is 3.40. The molecule has 0 aliphatic heterocycles. The average Bonchev–Trinajstić information content (AvgIpc) is 2.52. The Morgan fingerprint density at radius 2 is 1.60 bits per heavy atom. The Bertz CT molecular complexity index is 479. The molecule has 2 rings (SSSR count). The van der Waals surface area contributed by atoms with E-state index in [1.54, 1.807) is 12.4 Å². The lowest BCUT2D eigenvalue weighted by molar-refractivity contribution is 0.306. The van der Waals surface area contributed by atoms with Crippen molar-refractivity contribution >= 4 is 0 Å². The fraction of sp³-hybridized carbons (Fsp3) is 0.389. The van der Waals surface area contributed by atoms with E-state index in [1.165, 1.54) is 37.7 Å². The standard InChI is InChI=1S/C18H23NO/c1-2-3-4-5-6-16-7-9-18(10-8-16)20-15-17-11-13-19-14-12-17/h7-14H,2-6,15H2,1H3. The second-order valence-corrected chi connectivity index (χ2v) is 5.10. The van der Waals surface area contributed by atoms with Gasteiger partial charge in [0.1, 0.15) is 12.4 Å². The van der Waals surface area contributed by atoms with Gasteiger partial charge in [0.05, 0.1) is 0 Å². The lowest BCUT2D eigenvalue weighted by Gasteiger charge is -2.07. The molecule has 0 N–H and O–H groups in total. The molecule has 2 nitrogen and oxygen atoms in total. The van der Waals surface area contributed by atoms with Crippen LogP contribution >= 0.6 is 0 Å². The first-order chi connectivity index (χ1) is 9.88. The number of unbranched alkanes of at least 4 members (excludes halogenated alkanes) is 3. The number of hydrogen-bond donors (Lipinski definition) is 0. The van der Waals surface area contributed by atoms with Crippen LogP contribution in [-0.4, -0.2) is 4.98 Å². The van der Waals surface area contributed by atoms with E-state index in [1.807, 2.05) is 12.1 Å². The van der Waals surface area contributed by atoms with E-state index in [0.29, 0.717) is 6.61 Å². The van der Waals surface area contributed by atoms with E-state index >= 15 is 0 Å². The zero-order chi connectivity index (χ0) is 14.0. The lowest BCUT2D eigenvalue weighted by atomic mass is 10.1. The van der Waals surface area contributed by atoms with E-state index < -0.39 is 0 Å². The molecule has 2 heteroatoms. The molecule has 1 aromatic carbocycles. The van der Waals surface area contributed by atoms with Crippen LogP contribution < -0.4 is 4.74 Å². The number of aryl methyl sites for hydroxylation is 1. The van der Waals surface area contributed by atoms with Crippen LogP contribution in [0.5, 0.6) is 5.75 Å². The molecule has 0 saturated heterocycles. The normalized spacial score (nSPS) is 10.4. The SMILES string of the molecule is CCCCCCc1ccc(OCc2ccncc2)cc1. The molecule has 0 bridgehead atoms. The van der Waals surface area contributed by atoms with Gasteiger partial charge in [-0.05, 0) is 48.2 Å². The zero-order valence-electron chi connectivity index (χ0n) is 12.2. The molecule has 0 atom stereocenters. The lowest BCUT2D eigenvalue weighted by Crippen LogP contribution is -1.95. The molecule has 20 heavy (non-hydrogen) atoms. The molecular weight excluding hydrogens is 246 g/mol. The van der Waals surface area contributed by atoms with Crippen molar-refractivity contribution < 1.29 is 4.74 Å². The fourth-order valence-corrected chi connectivity index (χ4v) is 2.15. The Labute approximate surface area is 121 Å². The van der Waals surface area contributed by atoms with Crippen molar-refractivity contribution in [3.05, 3.63) is 59.9 Å². The van der Waals surface area contributed by atoms with E-state index in [2.05, 4.69) is 36.2 Å². The van der Waals surface area contributed by atoms with Gasteiger partial charge in [0.15, 0.2) is 0 Å². The van der Waals surface area contributed by atoms with Gasteiger partial charge in [0, 0.05) is 12.4 Å². The third kappa shape index (κ3) is 5.04.